The van der Waals surface area contributed by atoms with Gasteiger partial charge in [-0.15, -0.1) is 0 Å². The molecule has 27 heavy (non-hydrogen) atoms. The third kappa shape index (κ3) is 3.91. The number of piperidine rings is 1. The molecule has 8 nitrogen and oxygen atoms in total. The van der Waals surface area contributed by atoms with Crippen LogP contribution in [0.5, 0.6) is 0 Å². The van der Waals surface area contributed by atoms with E-state index in [1.807, 2.05) is 13.0 Å². The average molecular weight is 372 g/mol. The van der Waals surface area contributed by atoms with Gasteiger partial charge in [0, 0.05) is 25.6 Å². The molecule has 1 aromatic rings. The first-order chi connectivity index (χ1) is 12.9. The fraction of sp³-hybridized carbons (Fsp3) is 0.474. The van der Waals surface area contributed by atoms with Gasteiger partial charge < -0.3 is 10.6 Å². The van der Waals surface area contributed by atoms with Gasteiger partial charge in [-0.2, -0.15) is 0 Å². The lowest BCUT2D eigenvalue weighted by Gasteiger charge is -2.27. The molecule has 1 fully saturated rings. The SMILES string of the molecule is CCN[C@H](C)CNCc1ccc2c(c1)C(=O)N(C1CCC(=O)NC1=O)C2=O. The molecule has 3 rings (SSSR count). The van der Waals surface area contributed by atoms with Crippen molar-refractivity contribution in [2.24, 2.45) is 0 Å². The van der Waals surface area contributed by atoms with Crippen LogP contribution in [0.3, 0.4) is 0 Å². The smallest absolute Gasteiger partial charge is 0.262 e. The molecular formula is C19H24N4O4. The highest BCUT2D eigenvalue weighted by atomic mass is 16.2. The van der Waals surface area contributed by atoms with Crippen LogP contribution in [-0.2, 0) is 16.1 Å². The van der Waals surface area contributed by atoms with Crippen LogP contribution in [0, 0.1) is 0 Å². The molecule has 2 atom stereocenters. The zero-order chi connectivity index (χ0) is 19.6. The number of nitrogens with zero attached hydrogens (tertiary/aromatic N) is 1. The molecule has 1 saturated heterocycles. The van der Waals surface area contributed by atoms with E-state index in [0.29, 0.717) is 23.7 Å². The van der Waals surface area contributed by atoms with Crippen molar-refractivity contribution in [3.8, 4) is 0 Å². The number of benzene rings is 1. The van der Waals surface area contributed by atoms with E-state index in [0.717, 1.165) is 23.6 Å². The Bertz CT molecular complexity index is 792. The predicted molar refractivity (Wildman–Crippen MR) is 98.0 cm³/mol. The zero-order valence-corrected chi connectivity index (χ0v) is 15.5. The van der Waals surface area contributed by atoms with Crippen LogP contribution in [0.15, 0.2) is 18.2 Å². The summed E-state index contributed by atoms with van der Waals surface area (Å²) in [5.74, 6) is -1.94. The normalized spacial score (nSPS) is 20.7. The molecule has 2 heterocycles. The summed E-state index contributed by atoms with van der Waals surface area (Å²) in [5, 5.41) is 8.82. The fourth-order valence-electron chi connectivity index (χ4n) is 3.48. The van der Waals surface area contributed by atoms with Crippen molar-refractivity contribution in [3.05, 3.63) is 34.9 Å². The minimum absolute atomic E-state index is 0.114. The number of amides is 4. The molecule has 1 unspecified atom stereocenters. The summed E-state index contributed by atoms with van der Waals surface area (Å²) in [5.41, 5.74) is 1.50. The number of fused-ring (bicyclic) bond motifs is 1. The minimum Gasteiger partial charge on any atom is -0.313 e. The summed E-state index contributed by atoms with van der Waals surface area (Å²) in [6.07, 6.45) is 0.274. The van der Waals surface area contributed by atoms with Crippen molar-refractivity contribution >= 4 is 23.6 Å². The molecule has 144 valence electrons. The third-order valence-electron chi connectivity index (χ3n) is 4.84. The molecule has 0 spiro atoms. The highest BCUT2D eigenvalue weighted by Gasteiger charge is 2.44. The molecular weight excluding hydrogens is 348 g/mol. The van der Waals surface area contributed by atoms with E-state index < -0.39 is 23.8 Å². The first-order valence-corrected chi connectivity index (χ1v) is 9.21. The van der Waals surface area contributed by atoms with Crippen LogP contribution in [0.1, 0.15) is 53.0 Å². The Morgan fingerprint density at radius 2 is 1.93 bits per heavy atom. The van der Waals surface area contributed by atoms with Crippen LogP contribution in [-0.4, -0.2) is 53.7 Å². The number of rotatable bonds is 7. The Hall–Kier alpha value is -2.58. The number of imide groups is 2. The maximum absolute atomic E-state index is 12.8. The van der Waals surface area contributed by atoms with Gasteiger partial charge in [0.2, 0.25) is 11.8 Å². The van der Waals surface area contributed by atoms with Gasteiger partial charge in [0.1, 0.15) is 6.04 Å². The first-order valence-electron chi connectivity index (χ1n) is 9.21. The third-order valence-corrected chi connectivity index (χ3v) is 4.84. The lowest BCUT2D eigenvalue weighted by Crippen LogP contribution is -2.54. The second kappa shape index (κ2) is 7.98. The van der Waals surface area contributed by atoms with E-state index in [-0.39, 0.29) is 18.7 Å². The van der Waals surface area contributed by atoms with E-state index in [1.54, 1.807) is 12.1 Å². The topological polar surface area (TPSA) is 108 Å². The Labute approximate surface area is 157 Å². The van der Waals surface area contributed by atoms with Crippen molar-refractivity contribution in [1.82, 2.24) is 20.9 Å². The van der Waals surface area contributed by atoms with Crippen LogP contribution in [0.25, 0.3) is 0 Å². The van der Waals surface area contributed by atoms with Crippen molar-refractivity contribution in [2.75, 3.05) is 13.1 Å². The Balaban J connectivity index is 1.71. The highest BCUT2D eigenvalue weighted by molar-refractivity contribution is 6.23. The van der Waals surface area contributed by atoms with Crippen molar-refractivity contribution in [3.63, 3.8) is 0 Å². The van der Waals surface area contributed by atoms with Crippen LogP contribution < -0.4 is 16.0 Å². The standard InChI is InChI=1S/C19H24N4O4/c1-3-21-11(2)9-20-10-12-4-5-13-14(8-12)19(27)23(18(13)26)15-6-7-16(24)22-17(15)25/h4-5,8,11,15,20-21H,3,6-7,9-10H2,1-2H3,(H,22,24,25)/t11-,15?/m1/s1. The number of hydrogen-bond donors (Lipinski definition) is 3. The molecule has 0 radical (unpaired) electrons. The van der Waals surface area contributed by atoms with Gasteiger partial charge in [-0.3, -0.25) is 29.4 Å². The molecule has 2 aliphatic rings. The van der Waals surface area contributed by atoms with Gasteiger partial charge in [-0.1, -0.05) is 13.0 Å². The van der Waals surface area contributed by atoms with Gasteiger partial charge in [0.25, 0.3) is 11.8 Å². The summed E-state index contributed by atoms with van der Waals surface area (Å²) in [7, 11) is 0. The number of likely N-dealkylation sites (N-methyl/N-ethyl adjacent to an activating group) is 1. The maximum atomic E-state index is 12.8. The number of carbonyl (C=O) groups is 4. The monoisotopic (exact) mass is 372 g/mol. The minimum atomic E-state index is -0.933. The van der Waals surface area contributed by atoms with Crippen LogP contribution in [0.2, 0.25) is 0 Å². The Morgan fingerprint density at radius 1 is 1.19 bits per heavy atom. The molecule has 0 aliphatic carbocycles. The molecule has 3 N–H and O–H groups in total. The highest BCUT2D eigenvalue weighted by Crippen LogP contribution is 2.28. The van der Waals surface area contributed by atoms with Crippen molar-refractivity contribution in [2.45, 2.75) is 45.3 Å². The molecule has 2 aliphatic heterocycles. The van der Waals surface area contributed by atoms with Crippen molar-refractivity contribution < 1.29 is 19.2 Å². The molecule has 8 heteroatoms. The molecule has 4 amide bonds. The maximum Gasteiger partial charge on any atom is 0.262 e. The summed E-state index contributed by atoms with van der Waals surface area (Å²) in [4.78, 5) is 49.8. The average Bonchev–Trinajstić information content (AvgIpc) is 2.86. The summed E-state index contributed by atoms with van der Waals surface area (Å²) >= 11 is 0. The number of hydrogen-bond acceptors (Lipinski definition) is 6. The predicted octanol–water partition coefficient (Wildman–Crippen LogP) is 0.175. The van der Waals surface area contributed by atoms with Crippen molar-refractivity contribution in [1.29, 1.82) is 0 Å². The quantitative estimate of drug-likeness (QED) is 0.589. The summed E-state index contributed by atoms with van der Waals surface area (Å²) in [6, 6.07) is 4.54. The van der Waals surface area contributed by atoms with Gasteiger partial charge >= 0.3 is 0 Å². The zero-order valence-electron chi connectivity index (χ0n) is 15.5. The van der Waals surface area contributed by atoms with E-state index in [1.165, 1.54) is 0 Å². The molecule has 0 bridgehead atoms. The number of nitrogens with one attached hydrogen (secondary N) is 3. The lowest BCUT2D eigenvalue weighted by molar-refractivity contribution is -0.136. The second-order valence-electron chi connectivity index (χ2n) is 6.92. The van der Waals surface area contributed by atoms with Gasteiger partial charge in [-0.25, -0.2) is 0 Å². The van der Waals surface area contributed by atoms with E-state index in [9.17, 15) is 19.2 Å². The largest absolute Gasteiger partial charge is 0.313 e. The summed E-state index contributed by atoms with van der Waals surface area (Å²) in [6.45, 7) is 6.38. The Morgan fingerprint density at radius 3 is 2.63 bits per heavy atom. The second-order valence-corrected chi connectivity index (χ2v) is 6.92. The Kier molecular flexibility index (Phi) is 5.67. The molecule has 1 aromatic carbocycles. The fourth-order valence-corrected chi connectivity index (χ4v) is 3.48. The van der Waals surface area contributed by atoms with Gasteiger partial charge in [0.15, 0.2) is 0 Å². The molecule has 0 aromatic heterocycles. The first kappa shape index (κ1) is 19.2. The molecule has 0 saturated carbocycles. The van der Waals surface area contributed by atoms with Gasteiger partial charge in [-0.05, 0) is 37.6 Å². The summed E-state index contributed by atoms with van der Waals surface area (Å²) < 4.78 is 0. The van der Waals surface area contributed by atoms with Crippen LogP contribution in [0.4, 0.5) is 0 Å². The van der Waals surface area contributed by atoms with E-state index in [4.69, 9.17) is 0 Å². The number of carbonyl (C=O) groups excluding carboxylic acids is 4. The van der Waals surface area contributed by atoms with E-state index in [2.05, 4.69) is 22.9 Å². The lowest BCUT2D eigenvalue weighted by atomic mass is 10.0. The van der Waals surface area contributed by atoms with Crippen LogP contribution >= 0.6 is 0 Å². The van der Waals surface area contributed by atoms with E-state index >= 15 is 0 Å². The van der Waals surface area contributed by atoms with Gasteiger partial charge in [0.05, 0.1) is 11.1 Å².